The Hall–Kier alpha value is -2.46. The molecular formula is C29H44ClN5O4. The number of fused-ring (bicyclic) bond motifs is 3. The van der Waals surface area contributed by atoms with E-state index < -0.39 is 0 Å². The highest BCUT2D eigenvalue weighted by atomic mass is 35.5. The average molecular weight is 562 g/mol. The number of amides is 1. The minimum atomic E-state index is -0.148. The Balaban J connectivity index is 0.00000210. The summed E-state index contributed by atoms with van der Waals surface area (Å²) in [5.74, 6) is 0.0544. The number of ether oxygens (including phenoxy) is 2. The number of hydrogen-bond donors (Lipinski definition) is 1. The Bertz CT molecular complexity index is 1320. The molecule has 2 aliphatic rings. The lowest BCUT2D eigenvalue weighted by molar-refractivity contribution is 0.0502. The Morgan fingerprint density at radius 3 is 2.67 bits per heavy atom. The smallest absolute Gasteiger partial charge is 0.259 e. The Labute approximate surface area is 237 Å². The number of aryl methyl sites for hydroxylation is 1. The molecule has 2 aliphatic heterocycles. The zero-order chi connectivity index (χ0) is 25.9. The maximum atomic E-state index is 13.8. The van der Waals surface area contributed by atoms with Crippen molar-refractivity contribution in [1.82, 2.24) is 24.6 Å². The number of piperazine rings is 1. The summed E-state index contributed by atoms with van der Waals surface area (Å²) in [6, 6.07) is 4.39. The lowest BCUT2D eigenvalue weighted by atomic mass is 10.0. The number of carbonyl (C=O) groups excluding carboxylic acids is 1. The second kappa shape index (κ2) is 13.7. The molecule has 0 unspecified atom stereocenters. The summed E-state index contributed by atoms with van der Waals surface area (Å²) in [5, 5.41) is 6.04. The van der Waals surface area contributed by atoms with E-state index in [0.29, 0.717) is 43.3 Å². The summed E-state index contributed by atoms with van der Waals surface area (Å²) in [6.45, 7) is 12.5. The maximum Gasteiger partial charge on any atom is 0.259 e. The van der Waals surface area contributed by atoms with Crippen LogP contribution >= 0.6 is 12.4 Å². The average Bonchev–Trinajstić information content (AvgIpc) is 3.35. The first kappa shape index (κ1) is 31.1. The number of nitrogens with zero attached hydrogens (tertiary/aromatic N) is 4. The van der Waals surface area contributed by atoms with Gasteiger partial charge in [-0.1, -0.05) is 7.43 Å². The second-order valence-corrected chi connectivity index (χ2v) is 10.4. The number of carbonyl (C=O) groups is 1. The van der Waals surface area contributed by atoms with E-state index in [9.17, 15) is 9.59 Å². The molecule has 5 rings (SSSR count). The van der Waals surface area contributed by atoms with Crippen molar-refractivity contribution in [2.45, 2.75) is 66.0 Å². The number of pyridine rings is 1. The fourth-order valence-electron chi connectivity index (χ4n) is 5.78. The highest BCUT2D eigenvalue weighted by Crippen LogP contribution is 2.30. The van der Waals surface area contributed by atoms with Gasteiger partial charge in [-0.25, -0.2) is 0 Å². The van der Waals surface area contributed by atoms with Gasteiger partial charge in [0.05, 0.1) is 28.7 Å². The summed E-state index contributed by atoms with van der Waals surface area (Å²) >= 11 is 0. The molecule has 1 N–H and O–H groups in total. The minimum absolute atomic E-state index is 0. The molecule has 4 heterocycles. The Kier molecular flexibility index (Phi) is 11.0. The molecule has 10 heteroatoms. The lowest BCUT2D eigenvalue weighted by Crippen LogP contribution is -2.53. The van der Waals surface area contributed by atoms with Gasteiger partial charge in [0.2, 0.25) is 0 Å². The highest BCUT2D eigenvalue weighted by Gasteiger charge is 2.28. The molecule has 3 aromatic rings. The zero-order valence-electron chi connectivity index (χ0n) is 22.7. The van der Waals surface area contributed by atoms with E-state index in [4.69, 9.17) is 9.47 Å². The number of unbranched alkanes of at least 4 members (excludes halogenated alkanes) is 1. The van der Waals surface area contributed by atoms with Gasteiger partial charge in [-0.05, 0) is 70.7 Å². The normalized spacial score (nSPS) is 18.7. The quantitative estimate of drug-likeness (QED) is 0.405. The molecule has 0 aliphatic carbocycles. The van der Waals surface area contributed by atoms with Crippen LogP contribution in [0.5, 0.6) is 0 Å². The molecule has 2 fully saturated rings. The van der Waals surface area contributed by atoms with Gasteiger partial charge >= 0.3 is 0 Å². The van der Waals surface area contributed by atoms with Crippen molar-refractivity contribution in [3.8, 4) is 0 Å². The third-order valence-electron chi connectivity index (χ3n) is 7.92. The van der Waals surface area contributed by atoms with Crippen molar-refractivity contribution in [3.05, 3.63) is 39.8 Å². The van der Waals surface area contributed by atoms with Crippen LogP contribution in [0.3, 0.4) is 0 Å². The van der Waals surface area contributed by atoms with Crippen molar-refractivity contribution in [3.63, 3.8) is 0 Å². The van der Waals surface area contributed by atoms with E-state index >= 15 is 0 Å². The van der Waals surface area contributed by atoms with Crippen molar-refractivity contribution < 1.29 is 14.3 Å². The molecule has 216 valence electrons. The summed E-state index contributed by atoms with van der Waals surface area (Å²) < 4.78 is 13.0. The van der Waals surface area contributed by atoms with E-state index in [0.717, 1.165) is 74.0 Å². The summed E-state index contributed by atoms with van der Waals surface area (Å²) in [4.78, 5) is 34.1. The minimum Gasteiger partial charge on any atom is -0.382 e. The van der Waals surface area contributed by atoms with Gasteiger partial charge in [-0.3, -0.25) is 19.2 Å². The predicted molar refractivity (Wildman–Crippen MR) is 158 cm³/mol. The van der Waals surface area contributed by atoms with Gasteiger partial charge in [0.1, 0.15) is 0 Å². The highest BCUT2D eigenvalue weighted by molar-refractivity contribution is 6.07. The van der Waals surface area contributed by atoms with Gasteiger partial charge in [0.15, 0.2) is 0 Å². The van der Waals surface area contributed by atoms with Gasteiger partial charge < -0.3 is 19.4 Å². The van der Waals surface area contributed by atoms with E-state index in [1.54, 1.807) is 6.20 Å². The molecule has 0 radical (unpaired) electrons. The topological polar surface area (TPSA) is 92.7 Å². The fourth-order valence-corrected chi connectivity index (χ4v) is 5.78. The van der Waals surface area contributed by atoms with Crippen molar-refractivity contribution in [1.29, 1.82) is 0 Å². The largest absolute Gasteiger partial charge is 0.382 e. The van der Waals surface area contributed by atoms with Crippen molar-refractivity contribution >= 4 is 40.1 Å². The van der Waals surface area contributed by atoms with Crippen LogP contribution in [0, 0.1) is 6.92 Å². The Morgan fingerprint density at radius 2 is 1.95 bits per heavy atom. The summed E-state index contributed by atoms with van der Waals surface area (Å²) in [7, 11) is 0. The number of benzene rings is 1. The molecule has 2 saturated heterocycles. The molecular weight excluding hydrogens is 518 g/mol. The first-order valence-corrected chi connectivity index (χ1v) is 13.7. The van der Waals surface area contributed by atoms with Crippen molar-refractivity contribution in [2.75, 3.05) is 52.6 Å². The SMILES string of the molecule is C.CCOCCCCN1CCN(C(=O)c2cc3c(cc2C)[nH]c(=O)c2cnn(C4CCOCC4)c23)C[C@H]1C.Cl. The van der Waals surface area contributed by atoms with E-state index in [1.807, 2.05) is 35.6 Å². The molecule has 0 spiro atoms. The molecule has 2 aromatic heterocycles. The number of hydrogen-bond acceptors (Lipinski definition) is 6. The van der Waals surface area contributed by atoms with Crippen molar-refractivity contribution in [2.24, 2.45) is 0 Å². The fraction of sp³-hybridized carbons (Fsp3) is 0.621. The van der Waals surface area contributed by atoms with Crippen LogP contribution in [-0.2, 0) is 9.47 Å². The third kappa shape index (κ3) is 6.48. The predicted octanol–water partition coefficient (Wildman–Crippen LogP) is 4.56. The van der Waals surface area contributed by atoms with Gasteiger partial charge in [-0.2, -0.15) is 5.10 Å². The molecule has 0 saturated carbocycles. The summed E-state index contributed by atoms with van der Waals surface area (Å²) in [6.07, 6.45) is 5.54. The maximum absolute atomic E-state index is 13.8. The Morgan fingerprint density at radius 1 is 1.18 bits per heavy atom. The lowest BCUT2D eigenvalue weighted by Gasteiger charge is -2.40. The number of aromatic nitrogens is 3. The van der Waals surface area contributed by atoms with Crippen LogP contribution in [0.25, 0.3) is 21.8 Å². The molecule has 9 nitrogen and oxygen atoms in total. The van der Waals surface area contributed by atoms with E-state index in [1.165, 1.54) is 0 Å². The standard InChI is InChI=1S/C28H39N5O4.CH4.ClH/c1-4-36-12-6-5-9-31-10-11-32(18-20(31)3)28(35)22-16-23-25(15-19(22)2)30-27(34)24-17-29-33(26(23)24)21-7-13-37-14-8-21;;/h15-17,20-21H,4-14,18H2,1-3H3,(H,30,34);1H4;1H/t20-;;/m1../s1. The number of halogens is 1. The first-order chi connectivity index (χ1) is 18.0. The first-order valence-electron chi connectivity index (χ1n) is 13.7. The van der Waals surface area contributed by atoms with Crippen LogP contribution in [0.4, 0.5) is 0 Å². The van der Waals surface area contributed by atoms with E-state index in [-0.39, 0.29) is 37.3 Å². The van der Waals surface area contributed by atoms with Gasteiger partial charge in [0, 0.05) is 63.1 Å². The zero-order valence-corrected chi connectivity index (χ0v) is 23.5. The van der Waals surface area contributed by atoms with Crippen LogP contribution in [-0.4, -0.2) is 89.1 Å². The summed E-state index contributed by atoms with van der Waals surface area (Å²) in [5.41, 5.74) is 2.97. The van der Waals surface area contributed by atoms with Crippen LogP contribution in [0.2, 0.25) is 0 Å². The van der Waals surface area contributed by atoms with Crippen LogP contribution in [0.15, 0.2) is 23.1 Å². The van der Waals surface area contributed by atoms with Gasteiger partial charge in [-0.15, -0.1) is 12.4 Å². The molecule has 1 atom stereocenters. The van der Waals surface area contributed by atoms with Gasteiger partial charge in [0.25, 0.3) is 11.5 Å². The van der Waals surface area contributed by atoms with E-state index in [2.05, 4.69) is 21.9 Å². The number of rotatable bonds is 8. The monoisotopic (exact) mass is 561 g/mol. The second-order valence-electron chi connectivity index (χ2n) is 10.4. The number of H-pyrrole nitrogens is 1. The molecule has 1 aromatic carbocycles. The number of nitrogens with one attached hydrogen (secondary N) is 1. The molecule has 0 bridgehead atoms. The van der Waals surface area contributed by atoms with Crippen LogP contribution in [0.1, 0.15) is 68.9 Å². The molecule has 1 amide bonds. The molecule has 39 heavy (non-hydrogen) atoms. The van der Waals surface area contributed by atoms with Crippen LogP contribution < -0.4 is 5.56 Å². The third-order valence-corrected chi connectivity index (χ3v) is 7.92. The number of aromatic amines is 1.